The largest absolute Gasteiger partial charge is 0.352 e. The average Bonchev–Trinajstić information content (AvgIpc) is 3.10. The third-order valence-corrected chi connectivity index (χ3v) is 4.06. The summed E-state index contributed by atoms with van der Waals surface area (Å²) >= 11 is 0. The molecule has 1 unspecified atom stereocenters. The minimum absolute atomic E-state index is 0.456. The number of hydrogen-bond acceptors (Lipinski definition) is 4. The quantitative estimate of drug-likeness (QED) is 0.877. The van der Waals surface area contributed by atoms with Gasteiger partial charge in [-0.15, -0.1) is 0 Å². The van der Waals surface area contributed by atoms with Crippen LogP contribution in [-0.2, 0) is 13.1 Å². The zero-order chi connectivity index (χ0) is 13.8. The number of nitrogens with one attached hydrogen (secondary N) is 2. The Hall–Kier alpha value is -1.55. The molecule has 0 spiro atoms. The van der Waals surface area contributed by atoms with Gasteiger partial charge in [0.2, 0.25) is 0 Å². The summed E-state index contributed by atoms with van der Waals surface area (Å²) in [6, 6.07) is 9.19. The first-order valence-electron chi connectivity index (χ1n) is 7.65. The van der Waals surface area contributed by atoms with Crippen LogP contribution < -0.4 is 10.6 Å². The highest BCUT2D eigenvalue weighted by Crippen LogP contribution is 2.16. The third-order valence-electron chi connectivity index (χ3n) is 4.06. The third kappa shape index (κ3) is 3.31. The SMILES string of the molecule is CC1CN=C(NCc2ccccc2CN2CCCC2)N1. The first-order valence-corrected chi connectivity index (χ1v) is 7.65. The molecule has 2 aliphatic heterocycles. The van der Waals surface area contributed by atoms with E-state index in [-0.39, 0.29) is 0 Å². The zero-order valence-electron chi connectivity index (χ0n) is 12.2. The Kier molecular flexibility index (Phi) is 4.21. The molecule has 4 nitrogen and oxygen atoms in total. The molecule has 108 valence electrons. The van der Waals surface area contributed by atoms with Gasteiger partial charge in [0.05, 0.1) is 6.54 Å². The Morgan fingerprint density at radius 1 is 1.25 bits per heavy atom. The van der Waals surface area contributed by atoms with Gasteiger partial charge in [0.25, 0.3) is 0 Å². The molecule has 1 saturated heterocycles. The van der Waals surface area contributed by atoms with Gasteiger partial charge in [-0.1, -0.05) is 24.3 Å². The molecule has 0 amide bonds. The van der Waals surface area contributed by atoms with Crippen LogP contribution >= 0.6 is 0 Å². The van der Waals surface area contributed by atoms with Gasteiger partial charge < -0.3 is 10.6 Å². The molecule has 0 saturated carbocycles. The molecular weight excluding hydrogens is 248 g/mol. The normalized spacial score (nSPS) is 22.6. The Bertz CT molecular complexity index is 477. The summed E-state index contributed by atoms with van der Waals surface area (Å²) in [4.78, 5) is 7.00. The van der Waals surface area contributed by atoms with Crippen LogP contribution in [0.1, 0.15) is 30.9 Å². The van der Waals surface area contributed by atoms with Crippen molar-refractivity contribution in [3.05, 3.63) is 35.4 Å². The van der Waals surface area contributed by atoms with E-state index in [0.29, 0.717) is 6.04 Å². The van der Waals surface area contributed by atoms with Crippen molar-refractivity contribution in [2.45, 2.75) is 38.9 Å². The number of aliphatic imine (C=N–C) groups is 1. The van der Waals surface area contributed by atoms with Gasteiger partial charge in [-0.05, 0) is 44.0 Å². The molecule has 1 atom stereocenters. The van der Waals surface area contributed by atoms with Crippen LogP contribution in [0.25, 0.3) is 0 Å². The van der Waals surface area contributed by atoms with Crippen molar-refractivity contribution in [2.75, 3.05) is 19.6 Å². The van der Waals surface area contributed by atoms with E-state index >= 15 is 0 Å². The summed E-state index contributed by atoms with van der Waals surface area (Å²) < 4.78 is 0. The number of likely N-dealkylation sites (tertiary alicyclic amines) is 1. The first-order chi connectivity index (χ1) is 9.81. The summed E-state index contributed by atoms with van der Waals surface area (Å²) in [6.07, 6.45) is 2.69. The molecule has 0 bridgehead atoms. The first kappa shape index (κ1) is 13.4. The van der Waals surface area contributed by atoms with E-state index in [1.165, 1.54) is 37.1 Å². The van der Waals surface area contributed by atoms with Crippen molar-refractivity contribution in [1.29, 1.82) is 0 Å². The van der Waals surface area contributed by atoms with E-state index < -0.39 is 0 Å². The van der Waals surface area contributed by atoms with Crippen LogP contribution in [0.2, 0.25) is 0 Å². The Morgan fingerprint density at radius 2 is 2.00 bits per heavy atom. The lowest BCUT2D eigenvalue weighted by atomic mass is 10.1. The summed E-state index contributed by atoms with van der Waals surface area (Å²) in [7, 11) is 0. The van der Waals surface area contributed by atoms with Crippen LogP contribution in [0.3, 0.4) is 0 Å². The van der Waals surface area contributed by atoms with Crippen molar-refractivity contribution < 1.29 is 0 Å². The molecule has 0 aromatic heterocycles. The van der Waals surface area contributed by atoms with Crippen LogP contribution in [0.15, 0.2) is 29.3 Å². The molecule has 1 aromatic carbocycles. The Labute approximate surface area is 121 Å². The second-order valence-corrected chi connectivity index (χ2v) is 5.84. The molecule has 4 heteroatoms. The maximum atomic E-state index is 4.45. The summed E-state index contributed by atoms with van der Waals surface area (Å²) in [5, 5.41) is 6.76. The highest BCUT2D eigenvalue weighted by molar-refractivity contribution is 5.81. The molecule has 20 heavy (non-hydrogen) atoms. The molecule has 1 fully saturated rings. The Balaban J connectivity index is 1.60. The minimum Gasteiger partial charge on any atom is -0.352 e. The van der Waals surface area contributed by atoms with Gasteiger partial charge in [-0.3, -0.25) is 9.89 Å². The lowest BCUT2D eigenvalue weighted by Crippen LogP contribution is -2.37. The van der Waals surface area contributed by atoms with E-state index in [0.717, 1.165) is 25.6 Å². The van der Waals surface area contributed by atoms with Gasteiger partial charge in [-0.25, -0.2) is 0 Å². The predicted octanol–water partition coefficient (Wildman–Crippen LogP) is 1.72. The molecule has 2 aliphatic rings. The lowest BCUT2D eigenvalue weighted by Gasteiger charge is -2.18. The molecule has 1 aromatic rings. The molecule has 2 heterocycles. The second-order valence-electron chi connectivity index (χ2n) is 5.84. The summed E-state index contributed by atoms with van der Waals surface area (Å²) in [5.41, 5.74) is 2.82. The van der Waals surface area contributed by atoms with E-state index in [1.807, 2.05) is 0 Å². The van der Waals surface area contributed by atoms with E-state index in [4.69, 9.17) is 0 Å². The fourth-order valence-electron chi connectivity index (χ4n) is 2.90. The van der Waals surface area contributed by atoms with Gasteiger partial charge in [-0.2, -0.15) is 0 Å². The van der Waals surface area contributed by atoms with Crippen molar-refractivity contribution in [3.8, 4) is 0 Å². The van der Waals surface area contributed by atoms with Crippen molar-refractivity contribution in [2.24, 2.45) is 4.99 Å². The summed E-state index contributed by atoms with van der Waals surface area (Å²) in [6.45, 7) is 7.44. The Morgan fingerprint density at radius 3 is 2.70 bits per heavy atom. The van der Waals surface area contributed by atoms with Gasteiger partial charge in [0.1, 0.15) is 0 Å². The van der Waals surface area contributed by atoms with E-state index in [1.54, 1.807) is 0 Å². The van der Waals surface area contributed by atoms with E-state index in [9.17, 15) is 0 Å². The van der Waals surface area contributed by atoms with E-state index in [2.05, 4.69) is 51.7 Å². The lowest BCUT2D eigenvalue weighted by molar-refractivity contribution is 0.330. The average molecular weight is 272 g/mol. The number of guanidine groups is 1. The van der Waals surface area contributed by atoms with Crippen molar-refractivity contribution in [1.82, 2.24) is 15.5 Å². The highest BCUT2D eigenvalue weighted by atomic mass is 15.2. The number of rotatable bonds is 4. The van der Waals surface area contributed by atoms with Crippen molar-refractivity contribution >= 4 is 5.96 Å². The van der Waals surface area contributed by atoms with Gasteiger partial charge in [0, 0.05) is 19.1 Å². The number of nitrogens with zero attached hydrogens (tertiary/aromatic N) is 2. The maximum Gasteiger partial charge on any atom is 0.191 e. The number of hydrogen-bond donors (Lipinski definition) is 2. The minimum atomic E-state index is 0.456. The van der Waals surface area contributed by atoms with Crippen LogP contribution in [0.5, 0.6) is 0 Å². The topological polar surface area (TPSA) is 39.7 Å². The highest BCUT2D eigenvalue weighted by Gasteiger charge is 2.15. The fourth-order valence-corrected chi connectivity index (χ4v) is 2.90. The second kappa shape index (κ2) is 6.27. The molecular formula is C16H24N4. The number of benzene rings is 1. The van der Waals surface area contributed by atoms with Crippen LogP contribution in [-0.4, -0.2) is 36.5 Å². The van der Waals surface area contributed by atoms with Gasteiger partial charge in [0.15, 0.2) is 5.96 Å². The predicted molar refractivity (Wildman–Crippen MR) is 82.7 cm³/mol. The monoisotopic (exact) mass is 272 g/mol. The van der Waals surface area contributed by atoms with Crippen LogP contribution in [0.4, 0.5) is 0 Å². The molecule has 3 rings (SSSR count). The fraction of sp³-hybridized carbons (Fsp3) is 0.562. The zero-order valence-corrected chi connectivity index (χ0v) is 12.2. The molecule has 2 N–H and O–H groups in total. The smallest absolute Gasteiger partial charge is 0.191 e. The molecule has 0 radical (unpaired) electrons. The van der Waals surface area contributed by atoms with Crippen molar-refractivity contribution in [3.63, 3.8) is 0 Å². The standard InChI is InChI=1S/C16H24N4/c1-13-10-17-16(19-13)18-11-14-6-2-3-7-15(14)12-20-8-4-5-9-20/h2-3,6-7,13H,4-5,8-12H2,1H3,(H2,17,18,19). The maximum absolute atomic E-state index is 4.45. The summed E-state index contributed by atoms with van der Waals surface area (Å²) in [5.74, 6) is 0.938. The molecule has 0 aliphatic carbocycles. The van der Waals surface area contributed by atoms with Gasteiger partial charge >= 0.3 is 0 Å². The van der Waals surface area contributed by atoms with Crippen LogP contribution in [0, 0.1) is 0 Å².